The fourth-order valence-electron chi connectivity index (χ4n) is 1.42. The van der Waals surface area contributed by atoms with E-state index >= 15 is 0 Å². The number of carbonyl (C=O) groups is 2. The largest absolute Gasteiger partial charge is 0.508 e. The van der Waals surface area contributed by atoms with Crippen molar-refractivity contribution in [1.82, 2.24) is 5.32 Å². The molecule has 5 nitrogen and oxygen atoms in total. The molecule has 0 aromatic heterocycles. The molecule has 1 amide bonds. The van der Waals surface area contributed by atoms with Crippen molar-refractivity contribution in [3.8, 4) is 5.75 Å². The zero-order valence-electron chi connectivity index (χ0n) is 11.4. The van der Waals surface area contributed by atoms with E-state index < -0.39 is 11.7 Å². The Morgan fingerprint density at radius 3 is 2.58 bits per heavy atom. The zero-order valence-corrected chi connectivity index (χ0v) is 11.4. The van der Waals surface area contributed by atoms with Crippen molar-refractivity contribution in [2.24, 2.45) is 0 Å². The lowest BCUT2D eigenvalue weighted by Gasteiger charge is -2.19. The number of hydrogen-bond donors (Lipinski definition) is 2. The number of ketones is 1. The fraction of sp³-hybridized carbons (Fsp3) is 0.429. The molecule has 0 aliphatic heterocycles. The first-order valence-corrected chi connectivity index (χ1v) is 6.07. The first-order valence-electron chi connectivity index (χ1n) is 6.07. The lowest BCUT2D eigenvalue weighted by Crippen LogP contribution is -2.33. The monoisotopic (exact) mass is 265 g/mol. The average molecular weight is 265 g/mol. The van der Waals surface area contributed by atoms with Crippen molar-refractivity contribution in [2.45, 2.75) is 32.8 Å². The highest BCUT2D eigenvalue weighted by molar-refractivity contribution is 5.96. The molecule has 0 fully saturated rings. The number of aromatic hydroxyl groups is 1. The average Bonchev–Trinajstić information content (AvgIpc) is 2.26. The predicted octanol–water partition coefficient (Wildman–Crippen LogP) is 2.49. The number of phenols is 1. The van der Waals surface area contributed by atoms with E-state index in [2.05, 4.69) is 5.32 Å². The SMILES string of the molecule is CC(C)(C)OC(=O)NCCC(=O)c1cccc(O)c1. The summed E-state index contributed by atoms with van der Waals surface area (Å²) in [5.74, 6) is -0.0992. The molecule has 1 aromatic rings. The minimum absolute atomic E-state index is 0.0472. The van der Waals surface area contributed by atoms with Gasteiger partial charge in [-0.05, 0) is 32.9 Å². The molecule has 0 atom stereocenters. The minimum atomic E-state index is -0.556. The van der Waals surface area contributed by atoms with Gasteiger partial charge in [-0.15, -0.1) is 0 Å². The van der Waals surface area contributed by atoms with E-state index in [0.717, 1.165) is 0 Å². The van der Waals surface area contributed by atoms with Gasteiger partial charge in [0.1, 0.15) is 11.4 Å². The van der Waals surface area contributed by atoms with Crippen molar-refractivity contribution >= 4 is 11.9 Å². The van der Waals surface area contributed by atoms with Gasteiger partial charge in [0.15, 0.2) is 5.78 Å². The van der Waals surface area contributed by atoms with Crippen LogP contribution in [-0.2, 0) is 4.74 Å². The van der Waals surface area contributed by atoms with E-state index in [1.165, 1.54) is 12.1 Å². The summed E-state index contributed by atoms with van der Waals surface area (Å²) in [6.45, 7) is 5.50. The van der Waals surface area contributed by atoms with Gasteiger partial charge in [-0.3, -0.25) is 4.79 Å². The number of nitrogens with one attached hydrogen (secondary N) is 1. The van der Waals surface area contributed by atoms with Crippen LogP contribution in [0.5, 0.6) is 5.75 Å². The van der Waals surface area contributed by atoms with Crippen molar-refractivity contribution in [3.05, 3.63) is 29.8 Å². The molecule has 0 aliphatic carbocycles. The van der Waals surface area contributed by atoms with Gasteiger partial charge < -0.3 is 15.2 Å². The Morgan fingerprint density at radius 2 is 2.00 bits per heavy atom. The van der Waals surface area contributed by atoms with E-state index in [1.54, 1.807) is 32.9 Å². The normalized spacial score (nSPS) is 10.9. The van der Waals surface area contributed by atoms with E-state index in [4.69, 9.17) is 4.74 Å². The second-order valence-electron chi connectivity index (χ2n) is 5.15. The van der Waals surface area contributed by atoms with E-state index in [9.17, 15) is 14.7 Å². The Balaban J connectivity index is 2.37. The van der Waals surface area contributed by atoms with E-state index in [-0.39, 0.29) is 24.5 Å². The molecule has 1 rings (SSSR count). The van der Waals surface area contributed by atoms with Gasteiger partial charge >= 0.3 is 6.09 Å². The molecule has 0 bridgehead atoms. The summed E-state index contributed by atoms with van der Waals surface area (Å²) in [7, 11) is 0. The molecule has 2 N–H and O–H groups in total. The molecule has 0 spiro atoms. The standard InChI is InChI=1S/C14H19NO4/c1-14(2,3)19-13(18)15-8-7-12(17)10-5-4-6-11(16)9-10/h4-6,9,16H,7-8H2,1-3H3,(H,15,18). The Hall–Kier alpha value is -2.04. The van der Waals surface area contributed by atoms with Gasteiger partial charge in [-0.2, -0.15) is 0 Å². The third kappa shape index (κ3) is 5.90. The van der Waals surface area contributed by atoms with Crippen LogP contribution in [0.3, 0.4) is 0 Å². The van der Waals surface area contributed by atoms with Crippen LogP contribution in [0.4, 0.5) is 4.79 Å². The van der Waals surface area contributed by atoms with Gasteiger partial charge in [0.05, 0.1) is 0 Å². The van der Waals surface area contributed by atoms with Crippen LogP contribution in [0.15, 0.2) is 24.3 Å². The third-order valence-electron chi connectivity index (χ3n) is 2.19. The van der Waals surface area contributed by atoms with Crippen LogP contribution in [-0.4, -0.2) is 29.1 Å². The van der Waals surface area contributed by atoms with Gasteiger partial charge in [0.2, 0.25) is 0 Å². The highest BCUT2D eigenvalue weighted by Gasteiger charge is 2.16. The number of carbonyl (C=O) groups excluding carboxylic acids is 2. The Morgan fingerprint density at radius 1 is 1.32 bits per heavy atom. The predicted molar refractivity (Wildman–Crippen MR) is 71.3 cm³/mol. The fourth-order valence-corrected chi connectivity index (χ4v) is 1.42. The minimum Gasteiger partial charge on any atom is -0.508 e. The molecule has 19 heavy (non-hydrogen) atoms. The van der Waals surface area contributed by atoms with Gasteiger partial charge in [0, 0.05) is 18.5 Å². The number of Topliss-reactive ketones (excluding diaryl/α,β-unsaturated/α-hetero) is 1. The summed E-state index contributed by atoms with van der Waals surface area (Å²) in [6, 6.07) is 6.12. The lowest BCUT2D eigenvalue weighted by molar-refractivity contribution is 0.0527. The van der Waals surface area contributed by atoms with E-state index in [0.29, 0.717) is 5.56 Å². The van der Waals surface area contributed by atoms with Crippen molar-refractivity contribution in [3.63, 3.8) is 0 Å². The molecule has 0 aliphatic rings. The van der Waals surface area contributed by atoms with Crippen molar-refractivity contribution < 1.29 is 19.4 Å². The lowest BCUT2D eigenvalue weighted by atomic mass is 10.1. The molecule has 0 unspecified atom stereocenters. The molecular formula is C14H19NO4. The van der Waals surface area contributed by atoms with Crippen LogP contribution >= 0.6 is 0 Å². The molecule has 1 aromatic carbocycles. The number of alkyl carbamates (subject to hydrolysis) is 1. The topological polar surface area (TPSA) is 75.6 Å². The number of rotatable bonds is 4. The highest BCUT2D eigenvalue weighted by atomic mass is 16.6. The highest BCUT2D eigenvalue weighted by Crippen LogP contribution is 2.12. The quantitative estimate of drug-likeness (QED) is 0.820. The van der Waals surface area contributed by atoms with Crippen LogP contribution in [0.25, 0.3) is 0 Å². The summed E-state index contributed by atoms with van der Waals surface area (Å²) in [6.07, 6.45) is -0.390. The summed E-state index contributed by atoms with van der Waals surface area (Å²) in [5.41, 5.74) is -0.134. The second kappa shape index (κ2) is 6.22. The van der Waals surface area contributed by atoms with Gasteiger partial charge in [-0.25, -0.2) is 4.79 Å². The zero-order chi connectivity index (χ0) is 14.5. The molecule has 104 valence electrons. The molecular weight excluding hydrogens is 246 g/mol. The number of hydrogen-bond acceptors (Lipinski definition) is 4. The Labute approximate surface area is 112 Å². The van der Waals surface area contributed by atoms with E-state index in [1.807, 2.05) is 0 Å². The first-order chi connectivity index (χ1) is 8.78. The Bertz CT molecular complexity index is 463. The molecule has 5 heteroatoms. The Kier molecular flexibility index (Phi) is 4.92. The summed E-state index contributed by atoms with van der Waals surface area (Å²) in [5, 5.41) is 11.8. The van der Waals surface area contributed by atoms with Crippen LogP contribution in [0.1, 0.15) is 37.6 Å². The van der Waals surface area contributed by atoms with Crippen LogP contribution in [0, 0.1) is 0 Å². The number of ether oxygens (including phenoxy) is 1. The van der Waals surface area contributed by atoms with Gasteiger partial charge in [-0.1, -0.05) is 12.1 Å². The molecule has 0 heterocycles. The van der Waals surface area contributed by atoms with Crippen molar-refractivity contribution in [2.75, 3.05) is 6.54 Å². The second-order valence-corrected chi connectivity index (χ2v) is 5.15. The maximum atomic E-state index is 11.8. The maximum Gasteiger partial charge on any atom is 0.407 e. The number of phenolic OH excluding ortho intramolecular Hbond substituents is 1. The summed E-state index contributed by atoms with van der Waals surface area (Å²) < 4.78 is 5.04. The van der Waals surface area contributed by atoms with Crippen LogP contribution in [0.2, 0.25) is 0 Å². The molecule has 0 saturated heterocycles. The van der Waals surface area contributed by atoms with Crippen molar-refractivity contribution in [1.29, 1.82) is 0 Å². The number of amides is 1. The smallest absolute Gasteiger partial charge is 0.407 e. The summed E-state index contributed by atoms with van der Waals surface area (Å²) >= 11 is 0. The third-order valence-corrected chi connectivity index (χ3v) is 2.19. The van der Waals surface area contributed by atoms with Gasteiger partial charge in [0.25, 0.3) is 0 Å². The number of benzene rings is 1. The van der Waals surface area contributed by atoms with Crippen LogP contribution < -0.4 is 5.32 Å². The summed E-state index contributed by atoms with van der Waals surface area (Å²) in [4.78, 5) is 23.1. The molecule has 0 saturated carbocycles. The molecule has 0 radical (unpaired) electrons. The first kappa shape index (κ1) is 15.0. The maximum absolute atomic E-state index is 11.8.